The van der Waals surface area contributed by atoms with Crippen molar-refractivity contribution in [3.8, 4) is 0 Å². The van der Waals surface area contributed by atoms with Crippen molar-refractivity contribution in [2.45, 2.75) is 25.7 Å². The lowest BCUT2D eigenvalue weighted by molar-refractivity contribution is -0.123. The number of rotatable bonds is 6. The number of amides is 3. The summed E-state index contributed by atoms with van der Waals surface area (Å²) >= 11 is 3.28. The maximum absolute atomic E-state index is 11.8. The van der Waals surface area contributed by atoms with Crippen LogP contribution in [0.2, 0.25) is 0 Å². The van der Waals surface area contributed by atoms with Crippen LogP contribution >= 0.6 is 15.9 Å². The standard InChI is InChI=1S/C15H18BrN3O3/c16-12-7-5-11(6-8-12)15(22)19-18-13(20)2-1-9-17-14(21)10-3-4-10/h5-8,10H,1-4,9H2,(H,17,21)(H,18,20)(H,19,22). The Bertz CT molecular complexity index is 556. The summed E-state index contributed by atoms with van der Waals surface area (Å²) in [5.74, 6) is -0.406. The highest BCUT2D eigenvalue weighted by molar-refractivity contribution is 9.10. The molecule has 22 heavy (non-hydrogen) atoms. The van der Waals surface area contributed by atoms with Gasteiger partial charge in [-0.25, -0.2) is 0 Å². The van der Waals surface area contributed by atoms with Crippen molar-refractivity contribution in [3.05, 3.63) is 34.3 Å². The molecular formula is C15H18BrN3O3. The van der Waals surface area contributed by atoms with Crippen LogP contribution in [0, 0.1) is 5.92 Å². The molecule has 0 radical (unpaired) electrons. The first-order valence-electron chi connectivity index (χ1n) is 7.19. The number of hydrazine groups is 1. The molecule has 0 spiro atoms. The number of carbonyl (C=O) groups is 3. The Morgan fingerprint density at radius 3 is 2.41 bits per heavy atom. The molecule has 118 valence electrons. The minimum Gasteiger partial charge on any atom is -0.356 e. The topological polar surface area (TPSA) is 87.3 Å². The second kappa shape index (κ2) is 7.93. The Balaban J connectivity index is 1.59. The van der Waals surface area contributed by atoms with Gasteiger partial charge in [-0.15, -0.1) is 0 Å². The number of hydrogen-bond donors (Lipinski definition) is 3. The zero-order valence-electron chi connectivity index (χ0n) is 12.0. The average molecular weight is 368 g/mol. The Morgan fingerprint density at radius 1 is 1.09 bits per heavy atom. The van der Waals surface area contributed by atoms with E-state index in [4.69, 9.17) is 0 Å². The molecule has 0 unspecified atom stereocenters. The molecule has 0 atom stereocenters. The molecule has 3 amide bonds. The summed E-state index contributed by atoms with van der Waals surface area (Å²) in [6, 6.07) is 6.80. The monoisotopic (exact) mass is 367 g/mol. The van der Waals surface area contributed by atoms with Gasteiger partial charge in [0.25, 0.3) is 5.91 Å². The second-order valence-corrected chi connectivity index (χ2v) is 6.09. The molecule has 1 aliphatic carbocycles. The first-order chi connectivity index (χ1) is 10.6. The fourth-order valence-corrected chi connectivity index (χ4v) is 2.08. The van der Waals surface area contributed by atoms with E-state index in [1.807, 2.05) is 0 Å². The number of hydrogen-bond acceptors (Lipinski definition) is 3. The number of halogens is 1. The van der Waals surface area contributed by atoms with E-state index in [1.54, 1.807) is 24.3 Å². The van der Waals surface area contributed by atoms with Gasteiger partial charge in [0.2, 0.25) is 11.8 Å². The SMILES string of the molecule is O=C(CCCNC(=O)C1CC1)NNC(=O)c1ccc(Br)cc1. The summed E-state index contributed by atoms with van der Waals surface area (Å²) in [7, 11) is 0. The van der Waals surface area contributed by atoms with Gasteiger partial charge in [-0.05, 0) is 43.5 Å². The smallest absolute Gasteiger partial charge is 0.269 e. The molecule has 7 heteroatoms. The maximum Gasteiger partial charge on any atom is 0.269 e. The normalized spacial score (nSPS) is 13.3. The third-order valence-corrected chi connectivity index (χ3v) is 3.78. The molecule has 1 saturated carbocycles. The highest BCUT2D eigenvalue weighted by Crippen LogP contribution is 2.28. The van der Waals surface area contributed by atoms with E-state index < -0.39 is 0 Å². The van der Waals surface area contributed by atoms with E-state index in [2.05, 4.69) is 32.1 Å². The van der Waals surface area contributed by atoms with Crippen LogP contribution in [0.4, 0.5) is 0 Å². The van der Waals surface area contributed by atoms with E-state index in [0.717, 1.165) is 17.3 Å². The fourth-order valence-electron chi connectivity index (χ4n) is 1.81. The molecule has 2 rings (SSSR count). The first kappa shape index (κ1) is 16.5. The Morgan fingerprint density at radius 2 is 1.77 bits per heavy atom. The van der Waals surface area contributed by atoms with Gasteiger partial charge < -0.3 is 5.32 Å². The number of nitrogens with one attached hydrogen (secondary N) is 3. The second-order valence-electron chi connectivity index (χ2n) is 5.18. The molecule has 1 fully saturated rings. The summed E-state index contributed by atoms with van der Waals surface area (Å²) < 4.78 is 0.876. The molecule has 0 bridgehead atoms. The predicted octanol–water partition coefficient (Wildman–Crippen LogP) is 1.52. The summed E-state index contributed by atoms with van der Waals surface area (Å²) in [6.07, 6.45) is 2.72. The van der Waals surface area contributed by atoms with Crippen LogP contribution in [0.5, 0.6) is 0 Å². The van der Waals surface area contributed by atoms with Gasteiger partial charge in [0.15, 0.2) is 0 Å². The minimum absolute atomic E-state index is 0.0731. The van der Waals surface area contributed by atoms with E-state index in [0.29, 0.717) is 18.5 Å². The highest BCUT2D eigenvalue weighted by Gasteiger charge is 2.28. The van der Waals surface area contributed by atoms with Crippen molar-refractivity contribution < 1.29 is 14.4 Å². The van der Waals surface area contributed by atoms with Crippen molar-refractivity contribution in [1.82, 2.24) is 16.2 Å². The van der Waals surface area contributed by atoms with Gasteiger partial charge >= 0.3 is 0 Å². The molecule has 3 N–H and O–H groups in total. The molecule has 1 aliphatic rings. The third-order valence-electron chi connectivity index (χ3n) is 3.25. The number of benzene rings is 1. The summed E-state index contributed by atoms with van der Waals surface area (Å²) in [5, 5.41) is 2.79. The lowest BCUT2D eigenvalue weighted by Gasteiger charge is -2.08. The van der Waals surface area contributed by atoms with Gasteiger partial charge in [-0.1, -0.05) is 15.9 Å². The Hall–Kier alpha value is -1.89. The zero-order valence-corrected chi connectivity index (χ0v) is 13.6. The van der Waals surface area contributed by atoms with Crippen molar-refractivity contribution in [2.75, 3.05) is 6.54 Å². The fraction of sp³-hybridized carbons (Fsp3) is 0.400. The molecule has 1 aromatic rings. The molecular weight excluding hydrogens is 350 g/mol. The number of carbonyl (C=O) groups excluding carboxylic acids is 3. The van der Waals surface area contributed by atoms with Crippen molar-refractivity contribution in [2.24, 2.45) is 5.92 Å². The van der Waals surface area contributed by atoms with Gasteiger partial charge in [0, 0.05) is 28.9 Å². The van der Waals surface area contributed by atoms with Gasteiger partial charge in [-0.3, -0.25) is 25.2 Å². The van der Waals surface area contributed by atoms with Crippen LogP contribution < -0.4 is 16.2 Å². The minimum atomic E-state index is -0.372. The largest absolute Gasteiger partial charge is 0.356 e. The van der Waals surface area contributed by atoms with Crippen LogP contribution in [0.25, 0.3) is 0 Å². The maximum atomic E-state index is 11.8. The third kappa shape index (κ3) is 5.48. The summed E-state index contributed by atoms with van der Waals surface area (Å²) in [5.41, 5.74) is 5.17. The molecule has 1 aromatic carbocycles. The summed E-state index contributed by atoms with van der Waals surface area (Å²) in [4.78, 5) is 34.7. The van der Waals surface area contributed by atoms with Crippen molar-refractivity contribution in [3.63, 3.8) is 0 Å². The lowest BCUT2D eigenvalue weighted by atomic mass is 10.2. The van der Waals surface area contributed by atoms with Crippen LogP contribution in [0.1, 0.15) is 36.0 Å². The van der Waals surface area contributed by atoms with Gasteiger partial charge in [0.05, 0.1) is 0 Å². The van der Waals surface area contributed by atoms with E-state index >= 15 is 0 Å². The van der Waals surface area contributed by atoms with Crippen molar-refractivity contribution >= 4 is 33.7 Å². The average Bonchev–Trinajstić information content (AvgIpc) is 3.34. The quantitative estimate of drug-likeness (QED) is 0.526. The first-order valence-corrected chi connectivity index (χ1v) is 7.98. The van der Waals surface area contributed by atoms with E-state index in [-0.39, 0.29) is 30.1 Å². The lowest BCUT2D eigenvalue weighted by Crippen LogP contribution is -2.41. The molecule has 0 aromatic heterocycles. The van der Waals surface area contributed by atoms with Crippen LogP contribution in [-0.2, 0) is 9.59 Å². The van der Waals surface area contributed by atoms with Crippen LogP contribution in [0.3, 0.4) is 0 Å². The molecule has 0 heterocycles. The van der Waals surface area contributed by atoms with Gasteiger partial charge in [-0.2, -0.15) is 0 Å². The zero-order chi connectivity index (χ0) is 15.9. The van der Waals surface area contributed by atoms with E-state index in [1.165, 1.54) is 0 Å². The molecule has 6 nitrogen and oxygen atoms in total. The van der Waals surface area contributed by atoms with Crippen molar-refractivity contribution in [1.29, 1.82) is 0 Å². The van der Waals surface area contributed by atoms with E-state index in [9.17, 15) is 14.4 Å². The molecule has 0 aliphatic heterocycles. The van der Waals surface area contributed by atoms with Crippen LogP contribution in [0.15, 0.2) is 28.7 Å². The van der Waals surface area contributed by atoms with Crippen LogP contribution in [-0.4, -0.2) is 24.3 Å². The Labute approximate surface area is 137 Å². The van der Waals surface area contributed by atoms with Gasteiger partial charge in [0.1, 0.15) is 0 Å². The predicted molar refractivity (Wildman–Crippen MR) is 84.7 cm³/mol. The Kier molecular flexibility index (Phi) is 5.94. The summed E-state index contributed by atoms with van der Waals surface area (Å²) in [6.45, 7) is 0.476. The molecule has 0 saturated heterocycles. The highest BCUT2D eigenvalue weighted by atomic mass is 79.9.